The molecule has 5 heteroatoms. The van der Waals surface area contributed by atoms with Gasteiger partial charge >= 0.3 is 0 Å². The molecule has 1 aliphatic rings. The van der Waals surface area contributed by atoms with E-state index < -0.39 is 0 Å². The number of carbonyl (C=O) groups excluding carboxylic acids is 1. The van der Waals surface area contributed by atoms with Gasteiger partial charge in [-0.3, -0.25) is 4.79 Å². The molecule has 1 fully saturated rings. The van der Waals surface area contributed by atoms with Gasteiger partial charge in [0, 0.05) is 25.8 Å². The van der Waals surface area contributed by atoms with Crippen LogP contribution in [0, 0.1) is 0 Å². The van der Waals surface area contributed by atoms with Crippen LogP contribution >= 0.6 is 0 Å². The minimum absolute atomic E-state index is 0.111. The summed E-state index contributed by atoms with van der Waals surface area (Å²) in [4.78, 5) is 20.6. The lowest BCUT2D eigenvalue weighted by Gasteiger charge is -2.28. The Kier molecular flexibility index (Phi) is 4.34. The van der Waals surface area contributed by atoms with Crippen molar-refractivity contribution in [2.75, 3.05) is 43.2 Å². The largest absolute Gasteiger partial charge is 0.378 e. The minimum Gasteiger partial charge on any atom is -0.378 e. The van der Waals surface area contributed by atoms with Crippen molar-refractivity contribution in [3.05, 3.63) is 54.4 Å². The standard InChI is InChI=1S/C17H19N3O2/c1-19(14-5-3-2-4-6-14)17(21)16-8-7-15(13-18-16)20-9-11-22-12-10-20/h2-8,13H,9-12H2,1H3. The molecule has 2 aromatic rings. The van der Waals surface area contributed by atoms with Crippen LogP contribution in [-0.4, -0.2) is 44.2 Å². The van der Waals surface area contributed by atoms with Gasteiger partial charge < -0.3 is 14.5 Å². The van der Waals surface area contributed by atoms with Crippen molar-refractivity contribution in [3.63, 3.8) is 0 Å². The molecule has 1 amide bonds. The summed E-state index contributed by atoms with van der Waals surface area (Å²) in [5.41, 5.74) is 2.33. The Bertz CT molecular complexity index is 622. The van der Waals surface area contributed by atoms with Crippen molar-refractivity contribution in [2.24, 2.45) is 0 Å². The number of anilines is 2. The Balaban J connectivity index is 1.73. The van der Waals surface area contributed by atoms with Crippen LogP contribution in [0.25, 0.3) is 0 Å². The number of rotatable bonds is 3. The fraction of sp³-hybridized carbons (Fsp3) is 0.294. The second-order valence-electron chi connectivity index (χ2n) is 5.20. The summed E-state index contributed by atoms with van der Waals surface area (Å²) >= 11 is 0. The van der Waals surface area contributed by atoms with E-state index in [0.29, 0.717) is 5.69 Å². The molecule has 5 nitrogen and oxygen atoms in total. The second kappa shape index (κ2) is 6.58. The van der Waals surface area contributed by atoms with Crippen molar-refractivity contribution >= 4 is 17.3 Å². The molecule has 0 N–H and O–H groups in total. The molecule has 2 heterocycles. The highest BCUT2D eigenvalue weighted by Crippen LogP contribution is 2.17. The van der Waals surface area contributed by atoms with Crippen LogP contribution in [0.15, 0.2) is 48.7 Å². The van der Waals surface area contributed by atoms with Gasteiger partial charge in [-0.05, 0) is 24.3 Å². The van der Waals surface area contributed by atoms with Crippen LogP contribution in [0.4, 0.5) is 11.4 Å². The molecule has 1 saturated heterocycles. The molecule has 1 aromatic heterocycles. The predicted molar refractivity (Wildman–Crippen MR) is 86.4 cm³/mol. The van der Waals surface area contributed by atoms with Gasteiger partial charge in [-0.15, -0.1) is 0 Å². The number of amides is 1. The zero-order chi connectivity index (χ0) is 15.4. The fourth-order valence-corrected chi connectivity index (χ4v) is 2.46. The summed E-state index contributed by atoms with van der Waals surface area (Å²) in [6.45, 7) is 3.19. The first-order valence-corrected chi connectivity index (χ1v) is 7.37. The molecule has 0 radical (unpaired) electrons. The summed E-state index contributed by atoms with van der Waals surface area (Å²) in [6, 6.07) is 13.3. The van der Waals surface area contributed by atoms with Crippen molar-refractivity contribution in [1.82, 2.24) is 4.98 Å². The van der Waals surface area contributed by atoms with Gasteiger partial charge in [-0.2, -0.15) is 0 Å². The van der Waals surface area contributed by atoms with Gasteiger partial charge in [0.1, 0.15) is 5.69 Å². The third-order valence-corrected chi connectivity index (χ3v) is 3.79. The highest BCUT2D eigenvalue weighted by atomic mass is 16.5. The van der Waals surface area contributed by atoms with E-state index in [1.54, 1.807) is 24.2 Å². The van der Waals surface area contributed by atoms with Gasteiger partial charge in [0.05, 0.1) is 25.1 Å². The summed E-state index contributed by atoms with van der Waals surface area (Å²) in [5.74, 6) is -0.111. The molecule has 0 aliphatic carbocycles. The van der Waals surface area contributed by atoms with Crippen LogP contribution in [0.1, 0.15) is 10.5 Å². The van der Waals surface area contributed by atoms with E-state index in [9.17, 15) is 4.79 Å². The Morgan fingerprint density at radius 3 is 2.50 bits per heavy atom. The van der Waals surface area contributed by atoms with Crippen molar-refractivity contribution < 1.29 is 9.53 Å². The maximum atomic E-state index is 12.5. The zero-order valence-corrected chi connectivity index (χ0v) is 12.6. The number of morpholine rings is 1. The second-order valence-corrected chi connectivity index (χ2v) is 5.20. The summed E-state index contributed by atoms with van der Waals surface area (Å²) in [6.07, 6.45) is 1.76. The number of ether oxygens (including phenoxy) is 1. The molecule has 0 spiro atoms. The fourth-order valence-electron chi connectivity index (χ4n) is 2.46. The average molecular weight is 297 g/mol. The Morgan fingerprint density at radius 1 is 1.14 bits per heavy atom. The molecule has 0 bridgehead atoms. The average Bonchev–Trinajstić information content (AvgIpc) is 2.62. The van der Waals surface area contributed by atoms with E-state index in [-0.39, 0.29) is 5.91 Å². The summed E-state index contributed by atoms with van der Waals surface area (Å²) in [7, 11) is 1.76. The molecule has 0 unspecified atom stereocenters. The molecule has 22 heavy (non-hydrogen) atoms. The summed E-state index contributed by atoms with van der Waals surface area (Å²) < 4.78 is 5.34. The Labute approximate surface area is 130 Å². The number of pyridine rings is 1. The van der Waals surface area contributed by atoms with Crippen LogP contribution in [0.3, 0.4) is 0 Å². The van der Waals surface area contributed by atoms with Gasteiger partial charge in [-0.25, -0.2) is 4.98 Å². The first-order chi connectivity index (χ1) is 10.8. The number of nitrogens with zero attached hydrogens (tertiary/aromatic N) is 3. The zero-order valence-electron chi connectivity index (χ0n) is 12.6. The first kappa shape index (κ1) is 14.5. The van der Waals surface area contributed by atoms with E-state index in [0.717, 1.165) is 37.7 Å². The van der Waals surface area contributed by atoms with Crippen molar-refractivity contribution in [1.29, 1.82) is 0 Å². The smallest absolute Gasteiger partial charge is 0.276 e. The third kappa shape index (κ3) is 3.09. The topological polar surface area (TPSA) is 45.7 Å². The SMILES string of the molecule is CN(C(=O)c1ccc(N2CCOCC2)cn1)c1ccccc1. The highest BCUT2D eigenvalue weighted by Gasteiger charge is 2.16. The number of hydrogen-bond donors (Lipinski definition) is 0. The number of para-hydroxylation sites is 1. The molecule has 0 atom stereocenters. The van der Waals surface area contributed by atoms with Crippen LogP contribution < -0.4 is 9.80 Å². The van der Waals surface area contributed by atoms with E-state index in [2.05, 4.69) is 9.88 Å². The molecule has 0 saturated carbocycles. The molecule has 1 aliphatic heterocycles. The predicted octanol–water partition coefficient (Wildman–Crippen LogP) is 2.19. The van der Waals surface area contributed by atoms with Crippen LogP contribution in [0.5, 0.6) is 0 Å². The van der Waals surface area contributed by atoms with E-state index in [1.165, 1.54) is 0 Å². The van der Waals surface area contributed by atoms with Gasteiger partial charge in [0.15, 0.2) is 0 Å². The lowest BCUT2D eigenvalue weighted by atomic mass is 10.2. The van der Waals surface area contributed by atoms with Crippen LogP contribution in [-0.2, 0) is 4.74 Å². The van der Waals surface area contributed by atoms with Gasteiger partial charge in [0.2, 0.25) is 0 Å². The third-order valence-electron chi connectivity index (χ3n) is 3.79. The molecule has 3 rings (SSSR count). The maximum absolute atomic E-state index is 12.5. The molecule has 114 valence electrons. The lowest BCUT2D eigenvalue weighted by Crippen LogP contribution is -2.36. The van der Waals surface area contributed by atoms with Gasteiger partial charge in [-0.1, -0.05) is 18.2 Å². The number of hydrogen-bond acceptors (Lipinski definition) is 4. The highest BCUT2D eigenvalue weighted by molar-refractivity contribution is 6.04. The summed E-state index contributed by atoms with van der Waals surface area (Å²) in [5, 5.41) is 0. The Morgan fingerprint density at radius 2 is 1.86 bits per heavy atom. The van der Waals surface area contributed by atoms with E-state index in [4.69, 9.17) is 4.74 Å². The normalized spacial score (nSPS) is 14.7. The van der Waals surface area contributed by atoms with Crippen molar-refractivity contribution in [2.45, 2.75) is 0 Å². The van der Waals surface area contributed by atoms with Gasteiger partial charge in [0.25, 0.3) is 5.91 Å². The van der Waals surface area contributed by atoms with E-state index in [1.807, 2.05) is 36.4 Å². The molecular formula is C17H19N3O2. The monoisotopic (exact) mass is 297 g/mol. The minimum atomic E-state index is -0.111. The first-order valence-electron chi connectivity index (χ1n) is 7.37. The molecule has 1 aromatic carbocycles. The number of benzene rings is 1. The van der Waals surface area contributed by atoms with Crippen LogP contribution in [0.2, 0.25) is 0 Å². The quantitative estimate of drug-likeness (QED) is 0.871. The number of carbonyl (C=O) groups is 1. The number of aromatic nitrogens is 1. The van der Waals surface area contributed by atoms with Crippen molar-refractivity contribution in [3.8, 4) is 0 Å². The maximum Gasteiger partial charge on any atom is 0.276 e. The lowest BCUT2D eigenvalue weighted by molar-refractivity contribution is 0.0988. The Hall–Kier alpha value is -2.40. The molecular weight excluding hydrogens is 278 g/mol. The van der Waals surface area contributed by atoms with E-state index >= 15 is 0 Å².